The molecule has 0 saturated carbocycles. The van der Waals surface area contributed by atoms with Crippen LogP contribution in [0.4, 0.5) is 26.2 Å². The van der Waals surface area contributed by atoms with E-state index in [0.717, 1.165) is 5.52 Å². The SMILES string of the molecule is CC(=O)CC[C@H]1CN(c2ccc(N3CCn4c(=O)c5cc(NC(=O)CN)ccc5n4CC3)c(F)c2)C(=O)O1. The summed E-state index contributed by atoms with van der Waals surface area (Å²) >= 11 is 0. The number of anilines is 3. The van der Waals surface area contributed by atoms with Gasteiger partial charge in [-0.25, -0.2) is 13.9 Å². The first-order chi connectivity index (χ1) is 18.2. The molecule has 200 valence electrons. The van der Waals surface area contributed by atoms with Crippen molar-refractivity contribution in [1.29, 1.82) is 0 Å². The average molecular weight is 525 g/mol. The van der Waals surface area contributed by atoms with Crippen LogP contribution >= 0.6 is 0 Å². The Kier molecular flexibility index (Phi) is 6.89. The maximum absolute atomic E-state index is 15.3. The maximum atomic E-state index is 15.3. The van der Waals surface area contributed by atoms with Gasteiger partial charge in [0.1, 0.15) is 17.7 Å². The summed E-state index contributed by atoms with van der Waals surface area (Å²) in [6, 6.07) is 9.77. The van der Waals surface area contributed by atoms with Crippen LogP contribution < -0.4 is 26.4 Å². The number of aromatic nitrogens is 2. The summed E-state index contributed by atoms with van der Waals surface area (Å²) in [4.78, 5) is 51.6. The van der Waals surface area contributed by atoms with Gasteiger partial charge < -0.3 is 25.5 Å². The third-order valence-electron chi connectivity index (χ3n) is 6.94. The molecule has 0 aliphatic carbocycles. The minimum Gasteiger partial charge on any atom is -0.444 e. The number of ketones is 1. The minimum atomic E-state index is -0.558. The first-order valence-corrected chi connectivity index (χ1v) is 12.5. The molecule has 2 aromatic carbocycles. The second-order valence-corrected chi connectivity index (χ2v) is 9.52. The Morgan fingerprint density at radius 1 is 1.08 bits per heavy atom. The number of carbonyl (C=O) groups excluding carboxylic acids is 3. The number of ether oxygens (including phenoxy) is 1. The van der Waals surface area contributed by atoms with Crippen LogP contribution in [0.3, 0.4) is 0 Å². The monoisotopic (exact) mass is 524 g/mol. The number of nitrogens with one attached hydrogen (secondary N) is 1. The molecule has 0 spiro atoms. The fourth-order valence-corrected chi connectivity index (χ4v) is 5.01. The number of amides is 2. The Morgan fingerprint density at radius 2 is 1.84 bits per heavy atom. The highest BCUT2D eigenvalue weighted by Crippen LogP contribution is 2.29. The zero-order valence-electron chi connectivity index (χ0n) is 21.0. The number of rotatable bonds is 7. The highest BCUT2D eigenvalue weighted by molar-refractivity contribution is 5.94. The molecular weight excluding hydrogens is 495 g/mol. The van der Waals surface area contributed by atoms with Gasteiger partial charge in [0.25, 0.3) is 5.56 Å². The summed E-state index contributed by atoms with van der Waals surface area (Å²) in [6.45, 7) is 3.26. The first-order valence-electron chi connectivity index (χ1n) is 12.5. The predicted molar refractivity (Wildman–Crippen MR) is 140 cm³/mol. The molecule has 0 unspecified atom stereocenters. The molecule has 2 amide bonds. The predicted octanol–water partition coefficient (Wildman–Crippen LogP) is 2.05. The second-order valence-electron chi connectivity index (χ2n) is 9.52. The van der Waals surface area contributed by atoms with Gasteiger partial charge in [-0.1, -0.05) is 0 Å². The van der Waals surface area contributed by atoms with Crippen molar-refractivity contribution in [2.24, 2.45) is 5.73 Å². The van der Waals surface area contributed by atoms with Crippen molar-refractivity contribution in [2.75, 3.05) is 41.3 Å². The van der Waals surface area contributed by atoms with E-state index in [9.17, 15) is 19.2 Å². The average Bonchev–Trinajstić information content (AvgIpc) is 3.29. The van der Waals surface area contributed by atoms with Crippen LogP contribution in [0.5, 0.6) is 0 Å². The molecule has 2 aliphatic rings. The summed E-state index contributed by atoms with van der Waals surface area (Å²) in [7, 11) is 0. The van der Waals surface area contributed by atoms with Crippen molar-refractivity contribution >= 4 is 45.7 Å². The summed E-state index contributed by atoms with van der Waals surface area (Å²) in [6.07, 6.45) is -0.210. The van der Waals surface area contributed by atoms with Crippen LogP contribution in [-0.4, -0.2) is 59.4 Å². The molecular formula is C26H29FN6O5. The van der Waals surface area contributed by atoms with Gasteiger partial charge in [0, 0.05) is 25.2 Å². The Balaban J connectivity index is 1.31. The van der Waals surface area contributed by atoms with E-state index in [1.54, 1.807) is 35.0 Å². The number of hydrogen-bond acceptors (Lipinski definition) is 7. The zero-order valence-corrected chi connectivity index (χ0v) is 21.0. The molecule has 3 heterocycles. The van der Waals surface area contributed by atoms with Crippen molar-refractivity contribution in [3.05, 3.63) is 52.6 Å². The third kappa shape index (κ3) is 4.86. The molecule has 38 heavy (non-hydrogen) atoms. The third-order valence-corrected chi connectivity index (χ3v) is 6.94. The van der Waals surface area contributed by atoms with Crippen molar-refractivity contribution < 1.29 is 23.5 Å². The normalized spacial score (nSPS) is 17.3. The molecule has 3 aromatic rings. The van der Waals surface area contributed by atoms with Gasteiger partial charge in [-0.05, 0) is 49.7 Å². The number of nitrogens with two attached hydrogens (primary N) is 1. The molecule has 1 aromatic heterocycles. The number of benzene rings is 2. The lowest BCUT2D eigenvalue weighted by Crippen LogP contribution is -2.29. The van der Waals surface area contributed by atoms with Crippen LogP contribution in [0.2, 0.25) is 0 Å². The van der Waals surface area contributed by atoms with Crippen LogP contribution in [-0.2, 0) is 27.4 Å². The number of carbonyl (C=O) groups is 3. The van der Waals surface area contributed by atoms with E-state index < -0.39 is 18.0 Å². The van der Waals surface area contributed by atoms with E-state index in [1.165, 1.54) is 17.9 Å². The van der Waals surface area contributed by atoms with Crippen LogP contribution in [0.1, 0.15) is 19.8 Å². The molecule has 1 saturated heterocycles. The molecule has 1 atom stereocenters. The summed E-state index contributed by atoms with van der Waals surface area (Å²) in [5.74, 6) is -0.801. The Hall–Kier alpha value is -4.19. The Bertz CT molecular complexity index is 1480. The van der Waals surface area contributed by atoms with Crippen LogP contribution in [0, 0.1) is 5.82 Å². The van der Waals surface area contributed by atoms with E-state index >= 15 is 4.39 Å². The zero-order chi connectivity index (χ0) is 27.0. The molecule has 3 N–H and O–H groups in total. The lowest BCUT2D eigenvalue weighted by molar-refractivity contribution is -0.117. The minimum absolute atomic E-state index is 0.0232. The maximum Gasteiger partial charge on any atom is 0.414 e. The van der Waals surface area contributed by atoms with Crippen molar-refractivity contribution in [2.45, 2.75) is 39.0 Å². The van der Waals surface area contributed by atoms with Gasteiger partial charge in [0.2, 0.25) is 5.91 Å². The number of fused-ring (bicyclic) bond motifs is 3. The second kappa shape index (κ2) is 10.3. The first kappa shape index (κ1) is 25.5. The number of nitrogens with zero attached hydrogens (tertiary/aromatic N) is 4. The van der Waals surface area contributed by atoms with E-state index in [1.807, 2.05) is 9.58 Å². The topological polar surface area (TPSA) is 132 Å². The number of halogens is 1. The highest BCUT2D eigenvalue weighted by atomic mass is 19.1. The van der Waals surface area contributed by atoms with E-state index in [0.29, 0.717) is 61.5 Å². The van der Waals surface area contributed by atoms with Gasteiger partial charge in [-0.15, -0.1) is 0 Å². The number of hydrogen-bond donors (Lipinski definition) is 2. The Morgan fingerprint density at radius 3 is 2.55 bits per heavy atom. The summed E-state index contributed by atoms with van der Waals surface area (Å²) in [5.41, 5.74) is 7.17. The molecule has 1 fully saturated rings. The van der Waals surface area contributed by atoms with Crippen LogP contribution in [0.25, 0.3) is 10.9 Å². The molecule has 11 nitrogen and oxygen atoms in total. The van der Waals surface area contributed by atoms with E-state index in [-0.39, 0.29) is 30.3 Å². The molecule has 2 aliphatic heterocycles. The lowest BCUT2D eigenvalue weighted by Gasteiger charge is -2.24. The van der Waals surface area contributed by atoms with E-state index in [2.05, 4.69) is 5.32 Å². The van der Waals surface area contributed by atoms with Crippen molar-refractivity contribution in [1.82, 2.24) is 9.36 Å². The molecule has 12 heteroatoms. The van der Waals surface area contributed by atoms with Gasteiger partial charge in [-0.2, -0.15) is 0 Å². The summed E-state index contributed by atoms with van der Waals surface area (Å²) in [5, 5.41) is 3.15. The van der Waals surface area contributed by atoms with Gasteiger partial charge in [-0.3, -0.25) is 19.2 Å². The quantitative estimate of drug-likeness (QED) is 0.484. The van der Waals surface area contributed by atoms with Crippen LogP contribution in [0.15, 0.2) is 41.2 Å². The van der Waals surface area contributed by atoms with Gasteiger partial charge in [0.15, 0.2) is 0 Å². The van der Waals surface area contributed by atoms with Crippen molar-refractivity contribution in [3.63, 3.8) is 0 Å². The van der Waals surface area contributed by atoms with E-state index in [4.69, 9.17) is 10.5 Å². The van der Waals surface area contributed by atoms with Gasteiger partial charge >= 0.3 is 6.09 Å². The smallest absolute Gasteiger partial charge is 0.414 e. The molecule has 5 rings (SSSR count). The fourth-order valence-electron chi connectivity index (χ4n) is 5.01. The Labute approximate surface area is 217 Å². The van der Waals surface area contributed by atoms with Gasteiger partial charge in [0.05, 0.1) is 48.5 Å². The fraction of sp³-hybridized carbons (Fsp3) is 0.385. The lowest BCUT2D eigenvalue weighted by atomic mass is 10.1. The van der Waals surface area contributed by atoms with Crippen molar-refractivity contribution in [3.8, 4) is 0 Å². The number of cyclic esters (lactones) is 1. The molecule has 0 radical (unpaired) electrons. The summed E-state index contributed by atoms with van der Waals surface area (Å²) < 4.78 is 24.1. The largest absolute Gasteiger partial charge is 0.444 e. The molecule has 0 bridgehead atoms. The highest BCUT2D eigenvalue weighted by Gasteiger charge is 2.33. The standard InChI is InChI=1S/C26H29FN6O5/c1-16(34)2-5-19-15-31(26(37)38-19)18-4-7-23(21(27)13-18)30-8-10-32-22-6-3-17(29-24(35)14-28)12-20(22)25(36)33(32)11-9-30/h3-4,6-7,12-13,19H,2,5,8-11,14-15,28H2,1H3,(H,29,35)/t19-/m0/s1. The number of Topliss-reactive ketones (excluding diaryl/α,β-unsaturated/α-hetero) is 1.